The highest BCUT2D eigenvalue weighted by Crippen LogP contribution is 2.24. The Kier molecular flexibility index (Phi) is 9.16. The summed E-state index contributed by atoms with van der Waals surface area (Å²) >= 11 is 5.89. The van der Waals surface area contributed by atoms with Crippen molar-refractivity contribution in [1.29, 1.82) is 0 Å². The second kappa shape index (κ2) is 9.41. The first-order chi connectivity index (χ1) is 8.95. The molecule has 0 heterocycles. The Labute approximate surface area is 143 Å². The van der Waals surface area contributed by atoms with Crippen molar-refractivity contribution in [3.05, 3.63) is 34.9 Å². The van der Waals surface area contributed by atoms with E-state index in [2.05, 4.69) is 24.2 Å². The summed E-state index contributed by atoms with van der Waals surface area (Å²) in [7, 11) is 1.65. The number of nitrogens with one attached hydrogen (secondary N) is 1. The Morgan fingerprint density at radius 3 is 2.50 bits per heavy atom. The zero-order valence-electron chi connectivity index (χ0n) is 12.1. The molecule has 0 amide bonds. The van der Waals surface area contributed by atoms with Gasteiger partial charge < -0.3 is 15.8 Å². The number of guanidine groups is 1. The van der Waals surface area contributed by atoms with E-state index in [1.807, 2.05) is 24.3 Å². The van der Waals surface area contributed by atoms with Crippen LogP contribution < -0.4 is 11.1 Å². The Morgan fingerprint density at radius 1 is 1.35 bits per heavy atom. The number of aliphatic imine (C=N–C) groups is 1. The Bertz CT molecular complexity index is 421. The highest BCUT2D eigenvalue weighted by molar-refractivity contribution is 14.0. The van der Waals surface area contributed by atoms with Crippen LogP contribution in [0.15, 0.2) is 29.3 Å². The van der Waals surface area contributed by atoms with E-state index in [0.29, 0.717) is 25.7 Å². The predicted molar refractivity (Wildman–Crippen MR) is 96.3 cm³/mol. The maximum Gasteiger partial charge on any atom is 0.188 e. The molecule has 114 valence electrons. The lowest BCUT2D eigenvalue weighted by Crippen LogP contribution is -2.35. The minimum Gasteiger partial charge on any atom is -0.383 e. The molecule has 0 aliphatic heterocycles. The molecule has 1 aromatic carbocycles. The molecule has 0 fully saturated rings. The van der Waals surface area contributed by atoms with Gasteiger partial charge in [-0.25, -0.2) is 0 Å². The number of nitrogens with zero attached hydrogens (tertiary/aromatic N) is 1. The first kappa shape index (κ1) is 19.5. The fourth-order valence-electron chi connectivity index (χ4n) is 1.61. The van der Waals surface area contributed by atoms with Crippen LogP contribution in [0.4, 0.5) is 0 Å². The molecule has 0 aliphatic carbocycles. The third kappa shape index (κ3) is 6.76. The molecule has 0 unspecified atom stereocenters. The molecule has 0 atom stereocenters. The summed E-state index contributed by atoms with van der Waals surface area (Å²) in [6.45, 7) is 6.13. The first-order valence-corrected chi connectivity index (χ1v) is 6.62. The van der Waals surface area contributed by atoms with E-state index in [1.54, 1.807) is 7.11 Å². The minimum atomic E-state index is -0.0852. The van der Waals surface area contributed by atoms with E-state index in [0.717, 1.165) is 5.02 Å². The lowest BCUT2D eigenvalue weighted by Gasteiger charge is -2.23. The summed E-state index contributed by atoms with van der Waals surface area (Å²) < 4.78 is 4.93. The topological polar surface area (TPSA) is 59.6 Å². The van der Waals surface area contributed by atoms with Crippen molar-refractivity contribution < 1.29 is 4.74 Å². The van der Waals surface area contributed by atoms with Gasteiger partial charge in [0.05, 0.1) is 13.2 Å². The maximum atomic E-state index is 5.89. The van der Waals surface area contributed by atoms with Crippen molar-refractivity contribution in [2.75, 3.05) is 26.8 Å². The van der Waals surface area contributed by atoms with Crippen LogP contribution >= 0.6 is 35.6 Å². The number of halogens is 2. The molecule has 20 heavy (non-hydrogen) atoms. The molecule has 0 radical (unpaired) electrons. The Morgan fingerprint density at radius 2 is 1.95 bits per heavy atom. The molecular weight excluding hydrogens is 389 g/mol. The van der Waals surface area contributed by atoms with E-state index < -0.39 is 0 Å². The molecular formula is C14H23ClIN3O. The van der Waals surface area contributed by atoms with Gasteiger partial charge in [-0.05, 0) is 17.7 Å². The summed E-state index contributed by atoms with van der Waals surface area (Å²) in [5.41, 5.74) is 6.89. The van der Waals surface area contributed by atoms with Gasteiger partial charge in [0.15, 0.2) is 5.96 Å². The van der Waals surface area contributed by atoms with Crippen molar-refractivity contribution in [2.45, 2.75) is 19.3 Å². The summed E-state index contributed by atoms with van der Waals surface area (Å²) in [4.78, 5) is 4.36. The standard InChI is InChI=1S/C14H22ClN3O.HI/c1-14(2,11-4-6-12(15)7-5-11)10-18-13(16)17-8-9-19-3;/h4-7H,8-10H2,1-3H3,(H3,16,17,18);1H. The van der Waals surface area contributed by atoms with Gasteiger partial charge in [0.2, 0.25) is 0 Å². The predicted octanol–water partition coefficient (Wildman–Crippen LogP) is 2.79. The van der Waals surface area contributed by atoms with E-state index in [1.165, 1.54) is 5.56 Å². The Balaban J connectivity index is 0.00000361. The molecule has 1 aromatic rings. The van der Waals surface area contributed by atoms with Crippen LogP contribution in [-0.4, -0.2) is 32.8 Å². The zero-order valence-corrected chi connectivity index (χ0v) is 15.2. The second-order valence-electron chi connectivity index (χ2n) is 5.01. The molecule has 6 heteroatoms. The SMILES string of the molecule is COCCNC(N)=NCC(C)(C)c1ccc(Cl)cc1.I. The quantitative estimate of drug-likeness (QED) is 0.327. The van der Waals surface area contributed by atoms with E-state index in [9.17, 15) is 0 Å². The summed E-state index contributed by atoms with van der Waals surface area (Å²) in [5.74, 6) is 0.444. The summed E-state index contributed by atoms with van der Waals surface area (Å²) in [5, 5.41) is 3.74. The fourth-order valence-corrected chi connectivity index (χ4v) is 1.74. The van der Waals surface area contributed by atoms with Gasteiger partial charge in [-0.1, -0.05) is 37.6 Å². The van der Waals surface area contributed by atoms with Crippen molar-refractivity contribution in [2.24, 2.45) is 10.7 Å². The number of methoxy groups -OCH3 is 1. The molecule has 0 saturated carbocycles. The summed E-state index contributed by atoms with van der Waals surface area (Å²) in [6.07, 6.45) is 0. The third-order valence-corrected chi connectivity index (χ3v) is 3.13. The average Bonchev–Trinajstić information content (AvgIpc) is 2.37. The molecule has 0 saturated heterocycles. The highest BCUT2D eigenvalue weighted by Gasteiger charge is 2.20. The van der Waals surface area contributed by atoms with Crippen LogP contribution in [0.3, 0.4) is 0 Å². The van der Waals surface area contributed by atoms with Gasteiger partial charge in [-0.2, -0.15) is 0 Å². The van der Waals surface area contributed by atoms with E-state index in [-0.39, 0.29) is 29.4 Å². The van der Waals surface area contributed by atoms with Crippen LogP contribution in [0.5, 0.6) is 0 Å². The average molecular weight is 412 g/mol. The summed E-state index contributed by atoms with van der Waals surface area (Å²) in [6, 6.07) is 7.82. The van der Waals surface area contributed by atoms with Crippen molar-refractivity contribution in [3.8, 4) is 0 Å². The largest absolute Gasteiger partial charge is 0.383 e. The minimum absolute atomic E-state index is 0. The first-order valence-electron chi connectivity index (χ1n) is 6.24. The third-order valence-electron chi connectivity index (χ3n) is 2.88. The van der Waals surface area contributed by atoms with E-state index in [4.69, 9.17) is 22.1 Å². The molecule has 0 aromatic heterocycles. The number of ether oxygens (including phenoxy) is 1. The van der Waals surface area contributed by atoms with Crippen molar-refractivity contribution >= 4 is 41.5 Å². The molecule has 0 aliphatic rings. The Hall–Kier alpha value is -0.530. The molecule has 0 bridgehead atoms. The number of rotatable bonds is 6. The lowest BCUT2D eigenvalue weighted by atomic mass is 9.85. The van der Waals surface area contributed by atoms with Gasteiger partial charge in [0, 0.05) is 24.1 Å². The fraction of sp³-hybridized carbons (Fsp3) is 0.500. The number of nitrogens with two attached hydrogens (primary N) is 1. The molecule has 0 spiro atoms. The zero-order chi connectivity index (χ0) is 14.3. The van der Waals surface area contributed by atoms with Crippen LogP contribution in [0.25, 0.3) is 0 Å². The van der Waals surface area contributed by atoms with Crippen LogP contribution in [-0.2, 0) is 10.2 Å². The number of hydrogen-bond donors (Lipinski definition) is 2. The van der Waals surface area contributed by atoms with Gasteiger partial charge in [0.25, 0.3) is 0 Å². The molecule has 4 nitrogen and oxygen atoms in total. The van der Waals surface area contributed by atoms with Gasteiger partial charge >= 0.3 is 0 Å². The smallest absolute Gasteiger partial charge is 0.188 e. The maximum absolute atomic E-state index is 5.89. The molecule has 1 rings (SSSR count). The van der Waals surface area contributed by atoms with Crippen LogP contribution in [0.2, 0.25) is 5.02 Å². The van der Waals surface area contributed by atoms with Gasteiger partial charge in [-0.15, -0.1) is 24.0 Å². The van der Waals surface area contributed by atoms with Crippen molar-refractivity contribution in [1.82, 2.24) is 5.32 Å². The lowest BCUT2D eigenvalue weighted by molar-refractivity contribution is 0.204. The normalized spacial score (nSPS) is 11.9. The number of benzene rings is 1. The van der Waals surface area contributed by atoms with Gasteiger partial charge in [-0.3, -0.25) is 4.99 Å². The number of hydrogen-bond acceptors (Lipinski definition) is 2. The van der Waals surface area contributed by atoms with Crippen LogP contribution in [0.1, 0.15) is 19.4 Å². The van der Waals surface area contributed by atoms with Crippen LogP contribution in [0, 0.1) is 0 Å². The highest BCUT2D eigenvalue weighted by atomic mass is 127. The second-order valence-corrected chi connectivity index (χ2v) is 5.45. The van der Waals surface area contributed by atoms with Crippen molar-refractivity contribution in [3.63, 3.8) is 0 Å². The van der Waals surface area contributed by atoms with Gasteiger partial charge in [0.1, 0.15) is 0 Å². The molecule has 3 N–H and O–H groups in total. The monoisotopic (exact) mass is 411 g/mol. The van der Waals surface area contributed by atoms with E-state index >= 15 is 0 Å².